The smallest absolute Gasteiger partial charge is 0.340 e. The van der Waals surface area contributed by atoms with Crippen molar-refractivity contribution < 1.29 is 9.53 Å². The lowest BCUT2D eigenvalue weighted by Gasteiger charge is -2.05. The van der Waals surface area contributed by atoms with E-state index >= 15 is 0 Å². The fourth-order valence-corrected chi connectivity index (χ4v) is 1.87. The maximum atomic E-state index is 11.8. The van der Waals surface area contributed by atoms with Crippen LogP contribution in [0.5, 0.6) is 0 Å². The number of aromatic nitrogens is 1. The molecular weight excluding hydrogens is 214 g/mol. The normalized spacial score (nSPS) is 10.2. The predicted octanol–water partition coefficient (Wildman–Crippen LogP) is 3.17. The van der Waals surface area contributed by atoms with E-state index in [9.17, 15) is 4.79 Å². The molecule has 0 atom stereocenters. The Labute approximate surface area is 100 Å². The molecule has 2 aromatic rings. The summed E-state index contributed by atoms with van der Waals surface area (Å²) in [5.41, 5.74) is 3.51. The second-order valence-electron chi connectivity index (χ2n) is 3.79. The lowest BCUT2D eigenvalue weighted by molar-refractivity contribution is 0.0527. The molecule has 1 N–H and O–H groups in total. The average Bonchev–Trinajstić information content (AvgIpc) is 2.73. The fourth-order valence-electron chi connectivity index (χ4n) is 1.87. The molecule has 2 rings (SSSR count). The van der Waals surface area contributed by atoms with Crippen molar-refractivity contribution in [2.45, 2.75) is 13.8 Å². The first-order chi connectivity index (χ1) is 8.24. The highest BCUT2D eigenvalue weighted by molar-refractivity contribution is 5.98. The van der Waals surface area contributed by atoms with E-state index in [0.29, 0.717) is 12.2 Å². The maximum Gasteiger partial charge on any atom is 0.340 e. The summed E-state index contributed by atoms with van der Waals surface area (Å²) in [5.74, 6) is -0.282. The standard InChI is InChI=1S/C14H15NO2/c1-3-17-14(16)12-9-15-10(2)13(12)11-7-5-4-6-8-11/h4-9,15H,3H2,1-2H3. The van der Waals surface area contributed by atoms with Crippen molar-refractivity contribution in [2.75, 3.05) is 6.61 Å². The summed E-state index contributed by atoms with van der Waals surface area (Å²) < 4.78 is 5.04. The Morgan fingerprint density at radius 1 is 1.29 bits per heavy atom. The molecule has 1 aromatic heterocycles. The Morgan fingerprint density at radius 2 is 2.00 bits per heavy atom. The molecule has 0 radical (unpaired) electrons. The number of hydrogen-bond acceptors (Lipinski definition) is 2. The highest BCUT2D eigenvalue weighted by Gasteiger charge is 2.17. The van der Waals surface area contributed by atoms with Crippen LogP contribution >= 0.6 is 0 Å². The van der Waals surface area contributed by atoms with E-state index in [-0.39, 0.29) is 5.97 Å². The predicted molar refractivity (Wildman–Crippen MR) is 66.9 cm³/mol. The minimum atomic E-state index is -0.282. The number of aryl methyl sites for hydroxylation is 1. The third kappa shape index (κ3) is 2.23. The Morgan fingerprint density at radius 3 is 2.65 bits per heavy atom. The SMILES string of the molecule is CCOC(=O)c1c[nH]c(C)c1-c1ccccc1. The summed E-state index contributed by atoms with van der Waals surface area (Å²) in [7, 11) is 0. The van der Waals surface area contributed by atoms with E-state index in [2.05, 4.69) is 4.98 Å². The Kier molecular flexibility index (Phi) is 3.28. The molecule has 0 aliphatic heterocycles. The average molecular weight is 229 g/mol. The van der Waals surface area contributed by atoms with Crippen molar-refractivity contribution >= 4 is 5.97 Å². The van der Waals surface area contributed by atoms with Gasteiger partial charge in [-0.3, -0.25) is 0 Å². The Hall–Kier alpha value is -2.03. The van der Waals surface area contributed by atoms with Crippen molar-refractivity contribution in [3.63, 3.8) is 0 Å². The molecule has 1 heterocycles. The zero-order chi connectivity index (χ0) is 12.3. The molecule has 3 heteroatoms. The third-order valence-corrected chi connectivity index (χ3v) is 2.64. The van der Waals surface area contributed by atoms with Crippen LogP contribution < -0.4 is 0 Å². The molecule has 0 aliphatic carbocycles. The van der Waals surface area contributed by atoms with Crippen LogP contribution in [0, 0.1) is 6.92 Å². The second kappa shape index (κ2) is 4.87. The number of aromatic amines is 1. The van der Waals surface area contributed by atoms with Crippen LogP contribution in [-0.4, -0.2) is 17.6 Å². The topological polar surface area (TPSA) is 42.1 Å². The summed E-state index contributed by atoms with van der Waals surface area (Å²) in [6.45, 7) is 4.14. The van der Waals surface area contributed by atoms with Gasteiger partial charge in [0.2, 0.25) is 0 Å². The van der Waals surface area contributed by atoms with Crippen LogP contribution in [-0.2, 0) is 4.74 Å². The number of carbonyl (C=O) groups is 1. The first-order valence-electron chi connectivity index (χ1n) is 5.64. The zero-order valence-electron chi connectivity index (χ0n) is 9.99. The minimum Gasteiger partial charge on any atom is -0.462 e. The van der Waals surface area contributed by atoms with Gasteiger partial charge in [0, 0.05) is 17.5 Å². The highest BCUT2D eigenvalue weighted by atomic mass is 16.5. The van der Waals surface area contributed by atoms with Gasteiger partial charge in [-0.15, -0.1) is 0 Å². The van der Waals surface area contributed by atoms with Crippen molar-refractivity contribution in [3.05, 3.63) is 47.8 Å². The Bertz CT molecular complexity index is 514. The quantitative estimate of drug-likeness (QED) is 0.821. The molecule has 1 aromatic carbocycles. The molecule has 0 amide bonds. The van der Waals surface area contributed by atoms with Gasteiger partial charge < -0.3 is 9.72 Å². The summed E-state index contributed by atoms with van der Waals surface area (Å²) >= 11 is 0. The summed E-state index contributed by atoms with van der Waals surface area (Å²) in [4.78, 5) is 14.9. The Balaban J connectivity index is 2.47. The fraction of sp³-hybridized carbons (Fsp3) is 0.214. The number of ether oxygens (including phenoxy) is 1. The molecule has 3 nitrogen and oxygen atoms in total. The number of nitrogens with one attached hydrogen (secondary N) is 1. The lowest BCUT2D eigenvalue weighted by Crippen LogP contribution is -2.04. The molecule has 0 spiro atoms. The molecule has 0 unspecified atom stereocenters. The van der Waals surface area contributed by atoms with E-state index in [4.69, 9.17) is 4.74 Å². The molecule has 0 aliphatic rings. The summed E-state index contributed by atoms with van der Waals surface area (Å²) in [5, 5.41) is 0. The van der Waals surface area contributed by atoms with Gasteiger partial charge in [-0.1, -0.05) is 30.3 Å². The number of esters is 1. The van der Waals surface area contributed by atoms with E-state index < -0.39 is 0 Å². The van der Waals surface area contributed by atoms with E-state index in [1.807, 2.05) is 37.3 Å². The summed E-state index contributed by atoms with van der Waals surface area (Å²) in [6, 6.07) is 9.83. The highest BCUT2D eigenvalue weighted by Crippen LogP contribution is 2.27. The molecule has 0 fully saturated rings. The first kappa shape index (κ1) is 11.5. The molecule has 0 bridgehead atoms. The van der Waals surface area contributed by atoms with Gasteiger partial charge in [0.15, 0.2) is 0 Å². The van der Waals surface area contributed by atoms with E-state index in [1.54, 1.807) is 13.1 Å². The summed E-state index contributed by atoms with van der Waals surface area (Å²) in [6.07, 6.45) is 1.70. The number of benzene rings is 1. The van der Waals surface area contributed by atoms with Gasteiger partial charge >= 0.3 is 5.97 Å². The number of H-pyrrole nitrogens is 1. The zero-order valence-corrected chi connectivity index (χ0v) is 9.99. The van der Waals surface area contributed by atoms with Gasteiger partial charge in [-0.2, -0.15) is 0 Å². The minimum absolute atomic E-state index is 0.282. The first-order valence-corrected chi connectivity index (χ1v) is 5.64. The van der Waals surface area contributed by atoms with Crippen LogP contribution in [0.2, 0.25) is 0 Å². The molecule has 0 saturated heterocycles. The molecule has 88 valence electrons. The number of rotatable bonds is 3. The van der Waals surface area contributed by atoms with Gasteiger partial charge in [0.05, 0.1) is 12.2 Å². The van der Waals surface area contributed by atoms with Gasteiger partial charge in [0.25, 0.3) is 0 Å². The van der Waals surface area contributed by atoms with Crippen LogP contribution in [0.3, 0.4) is 0 Å². The van der Waals surface area contributed by atoms with Crippen LogP contribution in [0.25, 0.3) is 11.1 Å². The largest absolute Gasteiger partial charge is 0.462 e. The van der Waals surface area contributed by atoms with Crippen molar-refractivity contribution in [2.24, 2.45) is 0 Å². The van der Waals surface area contributed by atoms with Gasteiger partial charge in [-0.25, -0.2) is 4.79 Å². The maximum absolute atomic E-state index is 11.8. The number of carbonyl (C=O) groups excluding carboxylic acids is 1. The third-order valence-electron chi connectivity index (χ3n) is 2.64. The van der Waals surface area contributed by atoms with Crippen LogP contribution in [0.15, 0.2) is 36.5 Å². The van der Waals surface area contributed by atoms with Crippen LogP contribution in [0.1, 0.15) is 23.0 Å². The van der Waals surface area contributed by atoms with Crippen molar-refractivity contribution in [3.8, 4) is 11.1 Å². The second-order valence-corrected chi connectivity index (χ2v) is 3.79. The molecule has 0 saturated carbocycles. The van der Waals surface area contributed by atoms with Gasteiger partial charge in [-0.05, 0) is 19.4 Å². The van der Waals surface area contributed by atoms with Crippen molar-refractivity contribution in [1.82, 2.24) is 4.98 Å². The van der Waals surface area contributed by atoms with Gasteiger partial charge in [0.1, 0.15) is 0 Å². The lowest BCUT2D eigenvalue weighted by atomic mass is 10.0. The monoisotopic (exact) mass is 229 g/mol. The number of hydrogen-bond donors (Lipinski definition) is 1. The van der Waals surface area contributed by atoms with E-state index in [1.165, 1.54) is 0 Å². The van der Waals surface area contributed by atoms with Crippen LogP contribution in [0.4, 0.5) is 0 Å². The van der Waals surface area contributed by atoms with E-state index in [0.717, 1.165) is 16.8 Å². The van der Waals surface area contributed by atoms with Crippen molar-refractivity contribution in [1.29, 1.82) is 0 Å². The molecular formula is C14H15NO2. The molecule has 17 heavy (non-hydrogen) atoms.